The lowest BCUT2D eigenvalue weighted by atomic mass is 10.0. The highest BCUT2D eigenvalue weighted by Gasteiger charge is 2.14. The van der Waals surface area contributed by atoms with Crippen molar-refractivity contribution in [3.05, 3.63) is 72.3 Å². The van der Waals surface area contributed by atoms with Crippen LogP contribution in [0.3, 0.4) is 0 Å². The Hall–Kier alpha value is -3.29. The minimum Gasteiger partial charge on any atom is -0.323 e. The molecule has 7 nitrogen and oxygen atoms in total. The van der Waals surface area contributed by atoms with E-state index in [1.807, 2.05) is 31.4 Å². The maximum Gasteiger partial charge on any atom is 0.248 e. The number of aromatic nitrogens is 3. The van der Waals surface area contributed by atoms with Crippen LogP contribution in [0.1, 0.15) is 11.1 Å². The topological polar surface area (TPSA) is 66.3 Å². The number of nitrogens with one attached hydrogen (secondary N) is 1. The molecule has 1 N–H and O–H groups in total. The van der Waals surface area contributed by atoms with Crippen molar-refractivity contribution < 1.29 is 4.79 Å². The maximum absolute atomic E-state index is 12.5. The molecule has 2 aromatic heterocycles. The smallest absolute Gasteiger partial charge is 0.248 e. The molecule has 0 spiro atoms. The second kappa shape index (κ2) is 9.68. The fraction of sp³-hybridized carbons (Fsp3) is 0.292. The SMILES string of the molecule is CN1CCN(Cc2cccc(NC(=O)/C=C/c3cnccc3-c3cnn(C)c3)c2)CC1. The number of nitrogens with zero attached hydrogens (tertiary/aromatic N) is 5. The minimum absolute atomic E-state index is 0.169. The molecule has 1 aromatic carbocycles. The van der Waals surface area contributed by atoms with Gasteiger partial charge in [-0.3, -0.25) is 19.4 Å². The number of piperazine rings is 1. The van der Waals surface area contributed by atoms with Gasteiger partial charge in [0.25, 0.3) is 0 Å². The molecule has 0 aliphatic carbocycles. The Kier molecular flexibility index (Phi) is 6.54. The molecule has 1 amide bonds. The number of carbonyl (C=O) groups is 1. The molecule has 3 heterocycles. The Morgan fingerprint density at radius 1 is 1.13 bits per heavy atom. The minimum atomic E-state index is -0.169. The lowest BCUT2D eigenvalue weighted by Gasteiger charge is -2.32. The van der Waals surface area contributed by atoms with Gasteiger partial charge in [0, 0.05) is 81.3 Å². The quantitative estimate of drug-likeness (QED) is 0.626. The molecule has 31 heavy (non-hydrogen) atoms. The van der Waals surface area contributed by atoms with Gasteiger partial charge in [-0.2, -0.15) is 5.10 Å². The first-order chi connectivity index (χ1) is 15.1. The molecule has 0 unspecified atom stereocenters. The van der Waals surface area contributed by atoms with Crippen LogP contribution >= 0.6 is 0 Å². The summed E-state index contributed by atoms with van der Waals surface area (Å²) in [4.78, 5) is 21.5. The van der Waals surface area contributed by atoms with Crippen LogP contribution < -0.4 is 5.32 Å². The molecule has 1 aliphatic rings. The molecule has 0 atom stereocenters. The van der Waals surface area contributed by atoms with Crippen LogP contribution in [-0.4, -0.2) is 63.7 Å². The fourth-order valence-corrected chi connectivity index (χ4v) is 3.72. The third-order valence-corrected chi connectivity index (χ3v) is 5.48. The van der Waals surface area contributed by atoms with Crippen molar-refractivity contribution in [1.29, 1.82) is 0 Å². The van der Waals surface area contributed by atoms with Crippen LogP contribution in [-0.2, 0) is 18.4 Å². The summed E-state index contributed by atoms with van der Waals surface area (Å²) in [5.41, 5.74) is 4.86. The van der Waals surface area contributed by atoms with Gasteiger partial charge in [-0.05, 0) is 42.4 Å². The van der Waals surface area contributed by atoms with Gasteiger partial charge in [0.05, 0.1) is 6.20 Å². The number of likely N-dealkylation sites (N-methyl/N-ethyl adjacent to an activating group) is 1. The van der Waals surface area contributed by atoms with Crippen LogP contribution in [0.2, 0.25) is 0 Å². The van der Waals surface area contributed by atoms with Gasteiger partial charge in [0.15, 0.2) is 0 Å². The molecule has 1 fully saturated rings. The van der Waals surface area contributed by atoms with Crippen molar-refractivity contribution in [2.75, 3.05) is 38.5 Å². The molecular formula is C24H28N6O. The van der Waals surface area contributed by atoms with Crippen LogP contribution in [0.4, 0.5) is 5.69 Å². The third-order valence-electron chi connectivity index (χ3n) is 5.48. The van der Waals surface area contributed by atoms with E-state index in [4.69, 9.17) is 0 Å². The van der Waals surface area contributed by atoms with Crippen molar-refractivity contribution in [3.63, 3.8) is 0 Å². The average molecular weight is 417 g/mol. The second-order valence-electron chi connectivity index (χ2n) is 7.97. The first-order valence-corrected chi connectivity index (χ1v) is 10.5. The number of carbonyl (C=O) groups excluding carboxylic acids is 1. The van der Waals surface area contributed by atoms with Gasteiger partial charge in [-0.1, -0.05) is 12.1 Å². The van der Waals surface area contributed by atoms with Crippen molar-refractivity contribution in [3.8, 4) is 11.1 Å². The number of hydrogen-bond donors (Lipinski definition) is 1. The number of aryl methyl sites for hydroxylation is 1. The Labute approximate surface area is 183 Å². The van der Waals surface area contributed by atoms with Crippen molar-refractivity contribution in [1.82, 2.24) is 24.6 Å². The lowest BCUT2D eigenvalue weighted by Crippen LogP contribution is -2.43. The van der Waals surface area contributed by atoms with Gasteiger partial charge < -0.3 is 10.2 Å². The maximum atomic E-state index is 12.5. The van der Waals surface area contributed by atoms with Crippen molar-refractivity contribution >= 4 is 17.7 Å². The van der Waals surface area contributed by atoms with Crippen molar-refractivity contribution in [2.24, 2.45) is 7.05 Å². The largest absolute Gasteiger partial charge is 0.323 e. The van der Waals surface area contributed by atoms with Gasteiger partial charge >= 0.3 is 0 Å². The molecule has 0 saturated carbocycles. The number of anilines is 1. The number of hydrogen-bond acceptors (Lipinski definition) is 5. The first-order valence-electron chi connectivity index (χ1n) is 10.5. The highest BCUT2D eigenvalue weighted by molar-refractivity contribution is 6.02. The standard InChI is InChI=1S/C24H28N6O/c1-28-10-12-30(13-11-28)17-19-4-3-5-22(14-19)27-24(31)7-6-20-15-25-9-8-23(20)21-16-26-29(2)18-21/h3-9,14-16,18H,10-13,17H2,1-2H3,(H,27,31)/b7-6+. The third kappa shape index (κ3) is 5.65. The Bertz CT molecular complexity index is 1070. The number of rotatable bonds is 6. The Balaban J connectivity index is 1.40. The normalized spacial score (nSPS) is 15.4. The summed E-state index contributed by atoms with van der Waals surface area (Å²) in [6, 6.07) is 10.0. The summed E-state index contributed by atoms with van der Waals surface area (Å²) in [7, 11) is 4.04. The monoisotopic (exact) mass is 416 g/mol. The van der Waals surface area contributed by atoms with Crippen LogP contribution in [0.15, 0.2) is 61.2 Å². The fourth-order valence-electron chi connectivity index (χ4n) is 3.72. The zero-order valence-electron chi connectivity index (χ0n) is 18.0. The van der Waals surface area contributed by atoms with Crippen LogP contribution in [0, 0.1) is 0 Å². The summed E-state index contributed by atoms with van der Waals surface area (Å²) in [5, 5.41) is 7.20. The van der Waals surface area contributed by atoms with E-state index >= 15 is 0 Å². The lowest BCUT2D eigenvalue weighted by molar-refractivity contribution is -0.111. The van der Waals surface area contributed by atoms with E-state index in [0.29, 0.717) is 0 Å². The first kappa shape index (κ1) is 21.0. The number of pyridine rings is 1. The summed E-state index contributed by atoms with van der Waals surface area (Å²) >= 11 is 0. The average Bonchev–Trinajstić information content (AvgIpc) is 3.20. The number of amides is 1. The molecule has 3 aromatic rings. The summed E-state index contributed by atoms with van der Waals surface area (Å²) < 4.78 is 1.76. The van der Waals surface area contributed by atoms with E-state index in [9.17, 15) is 4.79 Å². The van der Waals surface area contributed by atoms with Gasteiger partial charge in [0.2, 0.25) is 5.91 Å². The molecule has 160 valence electrons. The van der Waals surface area contributed by atoms with Gasteiger partial charge in [-0.25, -0.2) is 0 Å². The Morgan fingerprint density at radius 2 is 1.97 bits per heavy atom. The molecule has 1 saturated heterocycles. The zero-order valence-corrected chi connectivity index (χ0v) is 18.0. The van der Waals surface area contributed by atoms with E-state index < -0.39 is 0 Å². The zero-order chi connectivity index (χ0) is 21.6. The van der Waals surface area contributed by atoms with E-state index in [-0.39, 0.29) is 5.91 Å². The molecule has 7 heteroatoms. The molecule has 4 rings (SSSR count). The molecule has 1 aliphatic heterocycles. The summed E-state index contributed by atoms with van der Waals surface area (Å²) in [6.45, 7) is 5.23. The summed E-state index contributed by atoms with van der Waals surface area (Å²) in [6.07, 6.45) is 10.6. The van der Waals surface area contributed by atoms with E-state index in [1.165, 1.54) is 5.56 Å². The highest BCUT2D eigenvalue weighted by Crippen LogP contribution is 2.23. The van der Waals surface area contributed by atoms with E-state index in [0.717, 1.165) is 55.1 Å². The molecular weight excluding hydrogens is 388 g/mol. The van der Waals surface area contributed by atoms with Crippen molar-refractivity contribution in [2.45, 2.75) is 6.54 Å². The predicted molar refractivity (Wildman–Crippen MR) is 123 cm³/mol. The second-order valence-corrected chi connectivity index (χ2v) is 7.97. The highest BCUT2D eigenvalue weighted by atomic mass is 16.1. The predicted octanol–water partition coefficient (Wildman–Crippen LogP) is 2.88. The summed E-state index contributed by atoms with van der Waals surface area (Å²) in [5.74, 6) is -0.169. The van der Waals surface area contributed by atoms with Gasteiger partial charge in [0.1, 0.15) is 0 Å². The van der Waals surface area contributed by atoms with E-state index in [2.05, 4.69) is 44.4 Å². The van der Waals surface area contributed by atoms with Crippen LogP contribution in [0.5, 0.6) is 0 Å². The van der Waals surface area contributed by atoms with Gasteiger partial charge in [-0.15, -0.1) is 0 Å². The van der Waals surface area contributed by atoms with Crippen LogP contribution in [0.25, 0.3) is 17.2 Å². The Morgan fingerprint density at radius 3 is 2.74 bits per heavy atom. The number of benzene rings is 1. The molecule has 0 radical (unpaired) electrons. The molecule has 0 bridgehead atoms. The van der Waals surface area contributed by atoms with E-state index in [1.54, 1.807) is 35.4 Å².